The van der Waals surface area contributed by atoms with Crippen molar-refractivity contribution in [2.75, 3.05) is 66.1 Å². The number of nitrogens with one attached hydrogen (secondary N) is 6. The maximum absolute atomic E-state index is 14.3. The Bertz CT molecular complexity index is 2390. The number of carbonyl (C=O) groups is 9. The lowest BCUT2D eigenvalue weighted by Gasteiger charge is -2.42. The molecule has 11 atom stereocenters. The summed E-state index contributed by atoms with van der Waals surface area (Å²) in [6.45, 7) is 9.15. The molecule has 9 N–H and O–H groups in total. The molecule has 2 fully saturated rings. The van der Waals surface area contributed by atoms with Crippen molar-refractivity contribution in [2.24, 2.45) is 11.8 Å². The quantitative estimate of drug-likeness (QED) is 0.0342. The minimum atomic E-state index is -1.91. The largest absolute Gasteiger partial charge is 0.495 e. The van der Waals surface area contributed by atoms with Crippen molar-refractivity contribution >= 4 is 70.7 Å². The third kappa shape index (κ3) is 16.5. The van der Waals surface area contributed by atoms with Crippen LogP contribution in [0.2, 0.25) is 5.02 Å². The monoisotopic (exact) mass is 1090 g/mol. The number of aliphatic hydroxyl groups is 1. The number of fused-ring (bicyclic) bond motifs is 5. The summed E-state index contributed by atoms with van der Waals surface area (Å²) in [7, 11) is 5.64. The first kappa shape index (κ1) is 62.1. The number of nitrogens with two attached hydrogens (primary N) is 1. The summed E-state index contributed by atoms with van der Waals surface area (Å²) in [5.74, 6) is -1.03. The number of benzene rings is 1. The summed E-state index contributed by atoms with van der Waals surface area (Å²) < 4.78 is 34.5. The molecule has 2 saturated heterocycles. The van der Waals surface area contributed by atoms with E-state index < -0.39 is 139 Å². The molecule has 1 aromatic carbocycles. The number of epoxide rings is 1. The molecule has 422 valence electrons. The van der Waals surface area contributed by atoms with Crippen molar-refractivity contribution in [1.29, 1.82) is 0 Å². The Hall–Kier alpha value is -6.42. The van der Waals surface area contributed by atoms with E-state index in [2.05, 4.69) is 36.7 Å². The number of allylic oxidation sites excluding steroid dienone is 3. The van der Waals surface area contributed by atoms with Gasteiger partial charge in [-0.1, -0.05) is 42.3 Å². The van der Waals surface area contributed by atoms with Gasteiger partial charge in [-0.05, 0) is 65.7 Å². The van der Waals surface area contributed by atoms with Crippen LogP contribution in [0.25, 0.3) is 0 Å². The Balaban J connectivity index is 1.40. The molecule has 26 nitrogen and oxygen atoms in total. The number of esters is 1. The SMILES string of the molecule is COc1cc2cc(c1Cl)N(C)C(=O)CC(OC(=O)C(C)N(C)C(=O)COCC(=O)NC(C)C(=O)NC(C)C(=O)NC(C)C(=O)NCCNC(=O)CON)[C@@]1(C)OC1C(C)C1CC(O)(NC(=O)O1)C(OC)/C=C/C=C(\C)C2. The number of methoxy groups -OCH3 is 2. The zero-order chi connectivity index (χ0) is 56.8. The van der Waals surface area contributed by atoms with Crippen LogP contribution in [0.15, 0.2) is 35.9 Å². The first-order valence-corrected chi connectivity index (χ1v) is 24.8. The van der Waals surface area contributed by atoms with Gasteiger partial charge in [-0.25, -0.2) is 15.5 Å². The van der Waals surface area contributed by atoms with E-state index in [1.165, 1.54) is 60.9 Å². The number of anilines is 1. The fourth-order valence-electron chi connectivity index (χ4n) is 8.38. The summed E-state index contributed by atoms with van der Waals surface area (Å²) in [5.41, 5.74) is -1.37. The lowest BCUT2D eigenvalue weighted by Crippen LogP contribution is -2.63. The lowest BCUT2D eigenvalue weighted by molar-refractivity contribution is -0.163. The topological polar surface area (TPSA) is 346 Å². The molecule has 0 spiro atoms. The molecule has 3 heterocycles. The first-order chi connectivity index (χ1) is 35.7. The number of alkyl carbamates (subject to hydrolysis) is 1. The second kappa shape index (κ2) is 27.6. The van der Waals surface area contributed by atoms with E-state index in [0.29, 0.717) is 17.9 Å². The van der Waals surface area contributed by atoms with Gasteiger partial charge in [-0.3, -0.25) is 43.7 Å². The van der Waals surface area contributed by atoms with E-state index in [-0.39, 0.29) is 31.1 Å². The number of carbonyl (C=O) groups excluding carboxylic acids is 9. The summed E-state index contributed by atoms with van der Waals surface area (Å²) in [6.07, 6.45) is -0.0342. The number of nitrogens with zero attached hydrogens (tertiary/aromatic N) is 2. The van der Waals surface area contributed by atoms with Gasteiger partial charge in [0.05, 0.1) is 25.3 Å². The molecule has 76 heavy (non-hydrogen) atoms. The minimum absolute atomic E-state index is 0.0520. The molecule has 0 radical (unpaired) electrons. The van der Waals surface area contributed by atoms with Crippen molar-refractivity contribution in [3.63, 3.8) is 0 Å². The molecular weight excluding hydrogens is 1020 g/mol. The zero-order valence-corrected chi connectivity index (χ0v) is 45.3. The fourth-order valence-corrected chi connectivity index (χ4v) is 8.69. The second-order valence-corrected chi connectivity index (χ2v) is 19.5. The van der Waals surface area contributed by atoms with Gasteiger partial charge in [0.15, 0.2) is 5.72 Å². The Morgan fingerprint density at radius 2 is 1.58 bits per heavy atom. The van der Waals surface area contributed by atoms with Gasteiger partial charge in [0.2, 0.25) is 41.4 Å². The molecule has 8 amide bonds. The third-order valence-electron chi connectivity index (χ3n) is 13.2. The highest BCUT2D eigenvalue weighted by Crippen LogP contribution is 2.49. The zero-order valence-electron chi connectivity index (χ0n) is 44.6. The first-order valence-electron chi connectivity index (χ1n) is 24.4. The summed E-state index contributed by atoms with van der Waals surface area (Å²) in [4.78, 5) is 123. The van der Waals surface area contributed by atoms with Crippen molar-refractivity contribution in [3.8, 4) is 5.75 Å². The van der Waals surface area contributed by atoms with Gasteiger partial charge < -0.3 is 69.9 Å². The van der Waals surface area contributed by atoms with Gasteiger partial charge in [0.25, 0.3) is 0 Å². The number of likely N-dealkylation sites (N-methyl/N-ethyl adjacent to an activating group) is 1. The molecule has 1 aromatic rings. The van der Waals surface area contributed by atoms with E-state index in [9.17, 15) is 48.3 Å². The smallest absolute Gasteiger partial charge is 0.409 e. The Labute approximate surface area is 445 Å². The average molecular weight is 1090 g/mol. The Morgan fingerprint density at radius 1 is 0.947 bits per heavy atom. The van der Waals surface area contributed by atoms with E-state index in [0.717, 1.165) is 16.0 Å². The fraction of sp³-hybridized carbons (Fsp3) is 0.612. The van der Waals surface area contributed by atoms with Crippen molar-refractivity contribution in [2.45, 2.75) is 128 Å². The second-order valence-electron chi connectivity index (χ2n) is 19.1. The van der Waals surface area contributed by atoms with Crippen LogP contribution in [0.1, 0.15) is 66.9 Å². The summed E-state index contributed by atoms with van der Waals surface area (Å²) in [5, 5.41) is 26.7. The highest BCUT2D eigenvalue weighted by atomic mass is 35.5. The van der Waals surface area contributed by atoms with Crippen LogP contribution >= 0.6 is 11.6 Å². The van der Waals surface area contributed by atoms with Crippen LogP contribution in [0, 0.1) is 5.92 Å². The van der Waals surface area contributed by atoms with Crippen molar-refractivity contribution < 1.29 is 81.5 Å². The van der Waals surface area contributed by atoms with Gasteiger partial charge >= 0.3 is 12.1 Å². The van der Waals surface area contributed by atoms with Gasteiger partial charge in [0, 0.05) is 46.6 Å². The van der Waals surface area contributed by atoms with Gasteiger partial charge in [-0.2, -0.15) is 0 Å². The molecule has 0 aromatic heterocycles. The summed E-state index contributed by atoms with van der Waals surface area (Å²) in [6, 6.07) is -1.12. The van der Waals surface area contributed by atoms with Crippen LogP contribution in [0.3, 0.4) is 0 Å². The highest BCUT2D eigenvalue weighted by molar-refractivity contribution is 6.35. The average Bonchev–Trinajstić information content (AvgIpc) is 4.06. The molecule has 4 bridgehead atoms. The molecule has 4 rings (SSSR count). The molecule has 27 heteroatoms. The van der Waals surface area contributed by atoms with Crippen molar-refractivity contribution in [3.05, 3.63) is 46.5 Å². The molecule has 10 unspecified atom stereocenters. The predicted molar refractivity (Wildman–Crippen MR) is 271 cm³/mol. The lowest BCUT2D eigenvalue weighted by atomic mass is 9.83. The van der Waals surface area contributed by atoms with Crippen molar-refractivity contribution in [1.82, 2.24) is 36.8 Å². The van der Waals surface area contributed by atoms with Crippen LogP contribution in [0.5, 0.6) is 5.75 Å². The molecule has 3 aliphatic rings. The van der Waals surface area contributed by atoms with Gasteiger partial charge in [-0.15, -0.1) is 0 Å². The Morgan fingerprint density at radius 3 is 2.21 bits per heavy atom. The maximum atomic E-state index is 14.3. The van der Waals surface area contributed by atoms with E-state index in [1.807, 2.05) is 13.0 Å². The number of hydrogen-bond acceptors (Lipinski definition) is 18. The van der Waals surface area contributed by atoms with E-state index >= 15 is 0 Å². The Kier molecular flexibility index (Phi) is 22.5. The van der Waals surface area contributed by atoms with E-state index in [1.54, 1.807) is 38.1 Å². The van der Waals surface area contributed by atoms with Crippen LogP contribution in [0.4, 0.5) is 10.5 Å². The van der Waals surface area contributed by atoms with E-state index in [4.69, 9.17) is 45.9 Å². The highest BCUT2D eigenvalue weighted by Gasteiger charge is 2.64. The molecular formula is C49H72ClN9O17. The minimum Gasteiger partial charge on any atom is -0.495 e. The normalized spacial score (nSPS) is 26.2. The number of rotatable bonds is 20. The van der Waals surface area contributed by atoms with Gasteiger partial charge in [0.1, 0.15) is 78.7 Å². The number of amides is 8. The van der Waals surface area contributed by atoms with Crippen LogP contribution < -0.4 is 47.4 Å². The number of halogens is 1. The predicted octanol–water partition coefficient (Wildman–Crippen LogP) is -0.832. The molecule has 0 saturated carbocycles. The summed E-state index contributed by atoms with van der Waals surface area (Å²) >= 11 is 6.79. The molecule has 0 aliphatic carbocycles. The number of hydrogen-bond donors (Lipinski definition) is 8. The maximum Gasteiger partial charge on any atom is 0.409 e. The van der Waals surface area contributed by atoms with Crippen LogP contribution in [-0.4, -0.2) is 185 Å². The number of ether oxygens (including phenoxy) is 6. The third-order valence-corrected chi connectivity index (χ3v) is 13.6. The standard InChI is InChI=1S/C49H72ClN9O17/c1-25-13-12-14-35(71-11)49(69)21-34(74-47(68)57-49)26(2)42-48(7,76-42)36(20-39(62)59(9)32-18-31(17-25)19-33(70-10)41(32)50)75-46(67)30(6)58(8)40(63)24-72-22-38(61)54-28(4)44(65)56-29(5)45(66)55-27(3)43(64)53-16-15-52-37(60)23-73-51/h12-14,18-19,26-30,34-36,42,69H,15-17,20-24,51H2,1-11H3,(H,52,60)(H,53,64)(H,54,61)(H,55,66)(H,56,65)(H,57,68)/b14-12+,25-13+/t26?,27?,28?,29?,30?,34?,35?,36?,42?,48-,49?/m1/s1. The van der Waals surface area contributed by atoms with Crippen LogP contribution in [-0.2, 0) is 73.3 Å². The molecule has 3 aliphatic heterocycles.